The highest BCUT2D eigenvalue weighted by molar-refractivity contribution is 7.93. The Morgan fingerprint density at radius 1 is 1.10 bits per heavy atom. The summed E-state index contributed by atoms with van der Waals surface area (Å²) in [4.78, 5) is 17.0. The minimum atomic E-state index is -4.15. The minimum absolute atomic E-state index is 0.00627. The number of aromatic nitrogens is 1. The van der Waals surface area contributed by atoms with Crippen LogP contribution in [0.3, 0.4) is 0 Å². The van der Waals surface area contributed by atoms with Gasteiger partial charge < -0.3 is 4.74 Å². The Hall–Kier alpha value is -2.45. The topological polar surface area (TPSA) is 106 Å². The number of pyridine rings is 1. The van der Waals surface area contributed by atoms with Crippen LogP contribution >= 0.6 is 0 Å². The fraction of sp³-hybridized carbons (Fsp3) is 0.478. The van der Waals surface area contributed by atoms with Gasteiger partial charge in [0.2, 0.25) is 0 Å². The van der Waals surface area contributed by atoms with Crippen molar-refractivity contribution in [3.8, 4) is 5.75 Å². The SMILES string of the molecule is CCCCCCCC[C@@](Cc1cccnc1)(C(=O)NO)S(=O)(=O)c1ccc(OC)cc1. The number of nitrogens with zero attached hydrogens (tertiary/aromatic N) is 1. The summed E-state index contributed by atoms with van der Waals surface area (Å²) >= 11 is 0. The van der Waals surface area contributed by atoms with E-state index in [-0.39, 0.29) is 17.7 Å². The molecule has 0 aliphatic carbocycles. The van der Waals surface area contributed by atoms with Gasteiger partial charge in [-0.25, -0.2) is 13.9 Å². The van der Waals surface area contributed by atoms with E-state index in [0.29, 0.717) is 17.7 Å². The van der Waals surface area contributed by atoms with Gasteiger partial charge in [-0.15, -0.1) is 0 Å². The molecule has 0 saturated carbocycles. The number of benzene rings is 1. The number of unbranched alkanes of at least 4 members (excludes halogenated alkanes) is 5. The molecule has 0 radical (unpaired) electrons. The zero-order valence-corrected chi connectivity index (χ0v) is 19.0. The molecule has 1 heterocycles. The Labute approximate surface area is 184 Å². The van der Waals surface area contributed by atoms with Crippen LogP contribution in [0.5, 0.6) is 5.75 Å². The van der Waals surface area contributed by atoms with Crippen molar-refractivity contribution >= 4 is 15.7 Å². The monoisotopic (exact) mass is 448 g/mol. The van der Waals surface area contributed by atoms with Gasteiger partial charge in [0, 0.05) is 18.8 Å². The van der Waals surface area contributed by atoms with Gasteiger partial charge in [-0.05, 0) is 42.3 Å². The van der Waals surface area contributed by atoms with Crippen LogP contribution in [0, 0.1) is 0 Å². The number of hydrogen-bond acceptors (Lipinski definition) is 6. The molecule has 0 aliphatic heterocycles. The molecule has 0 aliphatic rings. The Balaban J connectivity index is 2.44. The van der Waals surface area contributed by atoms with Crippen LogP contribution in [0.1, 0.15) is 57.4 Å². The summed E-state index contributed by atoms with van der Waals surface area (Å²) in [6.07, 6.45) is 8.78. The smallest absolute Gasteiger partial charge is 0.265 e. The molecule has 1 aromatic carbocycles. The summed E-state index contributed by atoms with van der Waals surface area (Å²) in [5, 5.41) is 9.51. The van der Waals surface area contributed by atoms with Crippen LogP contribution in [0.15, 0.2) is 53.7 Å². The lowest BCUT2D eigenvalue weighted by Gasteiger charge is -2.31. The molecule has 2 aromatic rings. The first kappa shape index (κ1) is 24.8. The first-order chi connectivity index (χ1) is 14.9. The van der Waals surface area contributed by atoms with Gasteiger partial charge in [0.25, 0.3) is 5.91 Å². The third-order valence-corrected chi connectivity index (χ3v) is 8.00. The Morgan fingerprint density at radius 3 is 2.35 bits per heavy atom. The van der Waals surface area contributed by atoms with Crippen molar-refractivity contribution in [3.63, 3.8) is 0 Å². The number of ether oxygens (including phenoxy) is 1. The Bertz CT molecular complexity index is 917. The van der Waals surface area contributed by atoms with Crippen molar-refractivity contribution in [1.82, 2.24) is 10.5 Å². The molecule has 0 saturated heterocycles. The van der Waals surface area contributed by atoms with E-state index in [4.69, 9.17) is 4.74 Å². The summed E-state index contributed by atoms with van der Waals surface area (Å²) in [5.74, 6) is -0.417. The lowest BCUT2D eigenvalue weighted by atomic mass is 9.92. The zero-order valence-electron chi connectivity index (χ0n) is 18.2. The van der Waals surface area contributed by atoms with Crippen molar-refractivity contribution in [1.29, 1.82) is 0 Å². The molecule has 31 heavy (non-hydrogen) atoms. The van der Waals surface area contributed by atoms with Crippen LogP contribution in [0.4, 0.5) is 0 Å². The maximum absolute atomic E-state index is 13.8. The van der Waals surface area contributed by atoms with Crippen molar-refractivity contribution < 1.29 is 23.2 Å². The zero-order chi connectivity index (χ0) is 22.7. The first-order valence-corrected chi connectivity index (χ1v) is 12.1. The highest BCUT2D eigenvalue weighted by Crippen LogP contribution is 2.35. The number of carbonyl (C=O) groups excluding carboxylic acids is 1. The van der Waals surface area contributed by atoms with Crippen LogP contribution in [-0.4, -0.2) is 36.4 Å². The van der Waals surface area contributed by atoms with Crippen LogP contribution in [0.25, 0.3) is 0 Å². The average molecular weight is 449 g/mol. The predicted molar refractivity (Wildman–Crippen MR) is 119 cm³/mol. The molecule has 7 nitrogen and oxygen atoms in total. The van der Waals surface area contributed by atoms with E-state index in [9.17, 15) is 18.4 Å². The number of carbonyl (C=O) groups is 1. The predicted octanol–water partition coefficient (Wildman–Crippen LogP) is 4.10. The quantitative estimate of drug-likeness (QED) is 0.271. The fourth-order valence-electron chi connectivity index (χ4n) is 3.74. The number of sulfone groups is 1. The largest absolute Gasteiger partial charge is 0.497 e. The van der Waals surface area contributed by atoms with Gasteiger partial charge >= 0.3 is 0 Å². The summed E-state index contributed by atoms with van der Waals surface area (Å²) in [5.41, 5.74) is 2.23. The lowest BCUT2D eigenvalue weighted by Crippen LogP contribution is -2.53. The molecule has 2 N–H and O–H groups in total. The minimum Gasteiger partial charge on any atom is -0.497 e. The number of amides is 1. The molecule has 1 atom stereocenters. The average Bonchev–Trinajstić information content (AvgIpc) is 2.80. The van der Waals surface area contributed by atoms with Gasteiger partial charge in [0.15, 0.2) is 14.6 Å². The number of hydroxylamine groups is 1. The van der Waals surface area contributed by atoms with Crippen molar-refractivity contribution in [2.45, 2.75) is 67.9 Å². The highest BCUT2D eigenvalue weighted by Gasteiger charge is 2.51. The van der Waals surface area contributed by atoms with Crippen molar-refractivity contribution in [2.75, 3.05) is 7.11 Å². The second kappa shape index (κ2) is 11.8. The fourth-order valence-corrected chi connectivity index (χ4v) is 5.74. The first-order valence-electron chi connectivity index (χ1n) is 10.6. The van der Waals surface area contributed by atoms with E-state index in [1.54, 1.807) is 42.1 Å². The molecule has 1 aromatic heterocycles. The molecule has 170 valence electrons. The summed E-state index contributed by atoms with van der Waals surface area (Å²) in [6, 6.07) is 9.38. The molecule has 2 rings (SSSR count). The molecule has 8 heteroatoms. The highest BCUT2D eigenvalue weighted by atomic mass is 32.2. The van der Waals surface area contributed by atoms with Crippen LogP contribution in [-0.2, 0) is 21.1 Å². The van der Waals surface area contributed by atoms with E-state index in [1.165, 1.54) is 19.2 Å². The Kier molecular flexibility index (Phi) is 9.45. The molecule has 0 unspecified atom stereocenters. The molecule has 0 bridgehead atoms. The van der Waals surface area contributed by atoms with Crippen LogP contribution in [0.2, 0.25) is 0 Å². The normalized spacial score (nSPS) is 13.4. The lowest BCUT2D eigenvalue weighted by molar-refractivity contribution is -0.132. The van der Waals surface area contributed by atoms with Crippen molar-refractivity contribution in [2.24, 2.45) is 0 Å². The second-order valence-corrected chi connectivity index (χ2v) is 9.93. The molecule has 0 spiro atoms. The summed E-state index contributed by atoms with van der Waals surface area (Å²) in [7, 11) is -2.66. The van der Waals surface area contributed by atoms with E-state index < -0.39 is 20.5 Å². The standard InChI is InChI=1S/C23H32N2O5S/c1-3-4-5-6-7-8-15-23(22(26)25-27,17-19-10-9-16-24-18-19)31(28,29)21-13-11-20(30-2)12-14-21/h9-14,16,18,27H,3-8,15,17H2,1-2H3,(H,25,26)/t23-/m1/s1. The molecular weight excluding hydrogens is 416 g/mol. The number of hydrogen-bond donors (Lipinski definition) is 2. The second-order valence-electron chi connectivity index (χ2n) is 7.67. The van der Waals surface area contributed by atoms with Gasteiger partial charge in [-0.2, -0.15) is 0 Å². The van der Waals surface area contributed by atoms with Crippen LogP contribution < -0.4 is 10.2 Å². The van der Waals surface area contributed by atoms with Crippen molar-refractivity contribution in [3.05, 3.63) is 54.4 Å². The third kappa shape index (κ3) is 6.04. The van der Waals surface area contributed by atoms with E-state index in [1.807, 2.05) is 0 Å². The molecular formula is C23H32N2O5S. The van der Waals surface area contributed by atoms with E-state index in [2.05, 4.69) is 11.9 Å². The van der Waals surface area contributed by atoms with Gasteiger partial charge in [0.1, 0.15) is 5.75 Å². The van der Waals surface area contributed by atoms with Gasteiger partial charge in [0.05, 0.1) is 12.0 Å². The molecule has 0 fully saturated rings. The third-order valence-electron chi connectivity index (χ3n) is 5.55. The van der Waals surface area contributed by atoms with Gasteiger partial charge in [-0.1, -0.05) is 51.5 Å². The Morgan fingerprint density at radius 2 is 1.77 bits per heavy atom. The number of methoxy groups -OCH3 is 1. The summed E-state index contributed by atoms with van der Waals surface area (Å²) < 4.78 is 30.8. The van der Waals surface area contributed by atoms with E-state index in [0.717, 1.165) is 32.1 Å². The summed E-state index contributed by atoms with van der Waals surface area (Å²) in [6.45, 7) is 2.13. The maximum Gasteiger partial charge on any atom is 0.265 e. The number of nitrogens with one attached hydrogen (secondary N) is 1. The number of rotatable bonds is 13. The van der Waals surface area contributed by atoms with E-state index >= 15 is 0 Å². The molecule has 1 amide bonds. The maximum atomic E-state index is 13.8. The van der Waals surface area contributed by atoms with Gasteiger partial charge in [-0.3, -0.25) is 15.0 Å².